The molecule has 2 amide bonds. The first-order valence-corrected chi connectivity index (χ1v) is 13.2. The van der Waals surface area contributed by atoms with Crippen LogP contribution in [0.4, 0.5) is 10.5 Å². The Hall–Kier alpha value is -3.47. The van der Waals surface area contributed by atoms with Crippen molar-refractivity contribution < 1.29 is 29.6 Å². The highest BCUT2D eigenvalue weighted by molar-refractivity contribution is 5.89. The Balaban J connectivity index is 1.50. The topological polar surface area (TPSA) is 124 Å². The number of likely N-dealkylation sites (N-methyl/N-ethyl adjacent to an activating group) is 1. The van der Waals surface area contributed by atoms with E-state index < -0.39 is 12.4 Å². The Bertz CT molecular complexity index is 1220. The van der Waals surface area contributed by atoms with E-state index in [0.717, 1.165) is 16.7 Å². The Morgan fingerprint density at radius 2 is 1.82 bits per heavy atom. The van der Waals surface area contributed by atoms with Crippen LogP contribution in [0.25, 0.3) is 0 Å². The Labute approximate surface area is 229 Å². The number of nitrogens with one attached hydrogen (secondary N) is 2. The van der Waals surface area contributed by atoms with Crippen molar-refractivity contribution in [3.8, 4) is 5.75 Å². The van der Waals surface area contributed by atoms with Crippen LogP contribution in [0.1, 0.15) is 54.1 Å². The molecule has 0 aliphatic carbocycles. The lowest BCUT2D eigenvalue weighted by Gasteiger charge is -2.38. The molecule has 3 aromatic rings. The molecule has 0 saturated carbocycles. The highest BCUT2D eigenvalue weighted by Gasteiger charge is 2.33. The summed E-state index contributed by atoms with van der Waals surface area (Å²) in [6, 6.07) is 21.4. The van der Waals surface area contributed by atoms with Gasteiger partial charge in [0, 0.05) is 37.3 Å². The number of rotatable bonds is 10. The number of phenols is 1. The monoisotopic (exact) mass is 535 g/mol. The second-order valence-corrected chi connectivity index (χ2v) is 9.79. The number of ether oxygens (including phenoxy) is 2. The molecule has 0 aromatic heterocycles. The lowest BCUT2D eigenvalue weighted by atomic mass is 9.99. The van der Waals surface area contributed by atoms with Crippen LogP contribution in [0.15, 0.2) is 72.8 Å². The number of nitrogens with zero attached hydrogens (tertiary/aromatic N) is 1. The van der Waals surface area contributed by atoms with Crippen molar-refractivity contribution >= 4 is 11.7 Å². The Morgan fingerprint density at radius 3 is 2.54 bits per heavy atom. The maximum Gasteiger partial charge on any atom is 0.319 e. The summed E-state index contributed by atoms with van der Waals surface area (Å²) in [6.45, 7) is 3.24. The first kappa shape index (κ1) is 28.5. The molecule has 1 saturated heterocycles. The molecule has 5 N–H and O–H groups in total. The molecular formula is C30H37N3O6. The zero-order valence-corrected chi connectivity index (χ0v) is 22.3. The van der Waals surface area contributed by atoms with Crippen molar-refractivity contribution in [2.75, 3.05) is 32.0 Å². The zero-order valence-electron chi connectivity index (χ0n) is 22.3. The molecule has 0 spiro atoms. The number of carbonyl (C=O) groups excluding carboxylic acids is 1. The summed E-state index contributed by atoms with van der Waals surface area (Å²) < 4.78 is 12.8. The van der Waals surface area contributed by atoms with Gasteiger partial charge in [-0.25, -0.2) is 4.79 Å². The number of aromatic hydroxyl groups is 1. The number of hydrogen-bond donors (Lipinski definition) is 5. The second-order valence-electron chi connectivity index (χ2n) is 9.79. The van der Waals surface area contributed by atoms with Crippen molar-refractivity contribution in [3.05, 3.63) is 95.1 Å². The van der Waals surface area contributed by atoms with Crippen LogP contribution in [0.2, 0.25) is 0 Å². The zero-order chi connectivity index (χ0) is 27.8. The van der Waals surface area contributed by atoms with E-state index in [-0.39, 0.29) is 30.6 Å². The summed E-state index contributed by atoms with van der Waals surface area (Å²) in [7, 11) is 1.92. The van der Waals surface area contributed by atoms with Crippen molar-refractivity contribution in [1.29, 1.82) is 0 Å². The number of hydrogen-bond acceptors (Lipinski definition) is 7. The highest BCUT2D eigenvalue weighted by atomic mass is 16.7. The summed E-state index contributed by atoms with van der Waals surface area (Å²) in [5.41, 5.74) is 3.84. The first-order valence-electron chi connectivity index (χ1n) is 13.2. The molecule has 208 valence electrons. The number of carbonyl (C=O) groups is 1. The van der Waals surface area contributed by atoms with Crippen LogP contribution in [0.3, 0.4) is 0 Å². The van der Waals surface area contributed by atoms with Gasteiger partial charge < -0.3 is 40.3 Å². The minimum Gasteiger partial charge on any atom is -0.508 e. The van der Waals surface area contributed by atoms with Crippen LogP contribution in [-0.4, -0.2) is 59.0 Å². The number of phenolic OH excluding ortho intramolecular Hbond substituents is 1. The van der Waals surface area contributed by atoms with Gasteiger partial charge in [-0.3, -0.25) is 0 Å². The molecule has 9 nitrogen and oxygen atoms in total. The molecule has 4 rings (SSSR count). The molecule has 1 aliphatic rings. The largest absolute Gasteiger partial charge is 0.508 e. The fourth-order valence-corrected chi connectivity index (χ4v) is 4.69. The number of amides is 2. The summed E-state index contributed by atoms with van der Waals surface area (Å²) in [5, 5.41) is 35.5. The molecule has 1 fully saturated rings. The van der Waals surface area contributed by atoms with E-state index in [2.05, 4.69) is 10.6 Å². The molecule has 0 radical (unpaired) electrons. The van der Waals surface area contributed by atoms with Gasteiger partial charge in [0.25, 0.3) is 0 Å². The fraction of sp³-hybridized carbons (Fsp3) is 0.367. The van der Waals surface area contributed by atoms with E-state index >= 15 is 0 Å². The minimum absolute atomic E-state index is 0.0299. The van der Waals surface area contributed by atoms with E-state index in [0.29, 0.717) is 37.3 Å². The summed E-state index contributed by atoms with van der Waals surface area (Å²) in [6.07, 6.45) is -1.32. The summed E-state index contributed by atoms with van der Waals surface area (Å²) >= 11 is 0. The summed E-state index contributed by atoms with van der Waals surface area (Å²) in [5.74, 6) is 0.115. The van der Waals surface area contributed by atoms with Gasteiger partial charge in [0.1, 0.15) is 5.75 Å². The molecule has 39 heavy (non-hydrogen) atoms. The number of benzene rings is 3. The standard InChI is InChI=1S/C30H37N3O6/c1-3-31-30(37)32-24-8-4-7-23(14-24)29-38-26(16-28(39-29)21-12-10-20(19-34)11-13-21)17-33(2)18-27(36)22-6-5-9-25(35)15-22/h4-15,26-29,34-36H,3,16-19H2,1-2H3,(H2,31,32,37)/t26-,27+,28+,29?/m0/s1. The average Bonchev–Trinajstić information content (AvgIpc) is 2.93. The maximum atomic E-state index is 12.0. The normalized spacial score (nSPS) is 20.0. The van der Waals surface area contributed by atoms with Gasteiger partial charge in [0.15, 0.2) is 6.29 Å². The molecule has 9 heteroatoms. The molecular weight excluding hydrogens is 498 g/mol. The van der Waals surface area contributed by atoms with E-state index in [1.165, 1.54) is 0 Å². The summed E-state index contributed by atoms with van der Waals surface area (Å²) in [4.78, 5) is 14.0. The van der Waals surface area contributed by atoms with Crippen molar-refractivity contribution in [3.63, 3.8) is 0 Å². The molecule has 4 atom stereocenters. The number of aliphatic hydroxyl groups excluding tert-OH is 2. The minimum atomic E-state index is -0.767. The Kier molecular flexibility index (Phi) is 9.91. The molecule has 3 aromatic carbocycles. The second kappa shape index (κ2) is 13.5. The van der Waals surface area contributed by atoms with Gasteiger partial charge in [-0.2, -0.15) is 0 Å². The van der Waals surface area contributed by atoms with E-state index in [9.17, 15) is 20.1 Å². The van der Waals surface area contributed by atoms with Crippen molar-refractivity contribution in [2.24, 2.45) is 0 Å². The first-order chi connectivity index (χ1) is 18.8. The van der Waals surface area contributed by atoms with Crippen molar-refractivity contribution in [1.82, 2.24) is 10.2 Å². The van der Waals surface area contributed by atoms with Crippen LogP contribution in [0.5, 0.6) is 5.75 Å². The van der Waals surface area contributed by atoms with E-state index in [1.54, 1.807) is 30.3 Å². The molecule has 1 heterocycles. The van der Waals surface area contributed by atoms with Gasteiger partial charge in [-0.15, -0.1) is 0 Å². The lowest BCUT2D eigenvalue weighted by molar-refractivity contribution is -0.252. The third kappa shape index (κ3) is 8.01. The lowest BCUT2D eigenvalue weighted by Crippen LogP contribution is -2.39. The average molecular weight is 536 g/mol. The predicted molar refractivity (Wildman–Crippen MR) is 148 cm³/mol. The molecule has 0 bridgehead atoms. The number of anilines is 1. The Morgan fingerprint density at radius 1 is 1.05 bits per heavy atom. The highest BCUT2D eigenvalue weighted by Crippen LogP contribution is 2.38. The van der Waals surface area contributed by atoms with E-state index in [1.807, 2.05) is 61.3 Å². The number of urea groups is 1. The van der Waals surface area contributed by atoms with Crippen LogP contribution >= 0.6 is 0 Å². The van der Waals surface area contributed by atoms with Gasteiger partial charge in [-0.05, 0) is 54.9 Å². The third-order valence-corrected chi connectivity index (χ3v) is 6.62. The smallest absolute Gasteiger partial charge is 0.319 e. The van der Waals surface area contributed by atoms with E-state index in [4.69, 9.17) is 9.47 Å². The van der Waals surface area contributed by atoms with Crippen molar-refractivity contribution in [2.45, 2.75) is 44.6 Å². The number of aliphatic hydroxyl groups is 2. The van der Waals surface area contributed by atoms with Crippen LogP contribution in [0, 0.1) is 0 Å². The van der Waals surface area contributed by atoms with Gasteiger partial charge in [0.2, 0.25) is 0 Å². The molecule has 1 unspecified atom stereocenters. The SMILES string of the molecule is CCNC(=O)Nc1cccc(C2O[C@H](CN(C)C[C@@H](O)c3cccc(O)c3)C[C@H](c3ccc(CO)cc3)O2)c1. The molecule has 1 aliphatic heterocycles. The van der Waals surface area contributed by atoms with Gasteiger partial charge >= 0.3 is 6.03 Å². The quantitative estimate of drug-likeness (QED) is 0.263. The fourth-order valence-electron chi connectivity index (χ4n) is 4.69. The third-order valence-electron chi connectivity index (χ3n) is 6.62. The van der Waals surface area contributed by atoms with Gasteiger partial charge in [0.05, 0.1) is 24.9 Å². The van der Waals surface area contributed by atoms with Crippen LogP contribution in [-0.2, 0) is 16.1 Å². The maximum absolute atomic E-state index is 12.0. The van der Waals surface area contributed by atoms with Crippen LogP contribution < -0.4 is 10.6 Å². The van der Waals surface area contributed by atoms with Gasteiger partial charge in [-0.1, -0.05) is 48.5 Å². The predicted octanol–water partition coefficient (Wildman–Crippen LogP) is 4.24.